The molecule has 3 saturated carbocycles. The van der Waals surface area contributed by atoms with E-state index in [1.807, 2.05) is 12.3 Å². The average molecular weight is 424 g/mol. The summed E-state index contributed by atoms with van der Waals surface area (Å²) in [7, 11) is 0. The zero-order valence-electron chi connectivity index (χ0n) is 20.9. The van der Waals surface area contributed by atoms with Crippen molar-refractivity contribution in [1.82, 2.24) is 4.98 Å². The average Bonchev–Trinajstić information content (AvgIpc) is 2.89. The van der Waals surface area contributed by atoms with Crippen LogP contribution in [-0.2, 0) is 0 Å². The molecule has 0 radical (unpaired) electrons. The second-order valence-corrected chi connectivity index (χ2v) is 10.3. The van der Waals surface area contributed by atoms with Crippen LogP contribution in [-0.4, -0.2) is 4.98 Å². The molecular formula is C31H35N. The molecule has 2 aromatic carbocycles. The normalized spacial score (nSPS) is 37.5. The van der Waals surface area contributed by atoms with Crippen molar-refractivity contribution >= 4 is 0 Å². The fourth-order valence-corrected chi connectivity index (χ4v) is 7.10. The minimum absolute atomic E-state index is 0.409. The van der Waals surface area contributed by atoms with Crippen molar-refractivity contribution in [2.45, 2.75) is 63.2 Å². The smallest absolute Gasteiger partial charge is 0.0704 e. The van der Waals surface area contributed by atoms with Crippen molar-refractivity contribution < 1.29 is 2.74 Å². The summed E-state index contributed by atoms with van der Waals surface area (Å²) in [5, 5.41) is 0. The Morgan fingerprint density at radius 2 is 1.22 bits per heavy atom. The van der Waals surface area contributed by atoms with Crippen LogP contribution in [0.1, 0.15) is 77.0 Å². The highest BCUT2D eigenvalue weighted by molar-refractivity contribution is 5.59. The van der Waals surface area contributed by atoms with E-state index >= 15 is 0 Å². The van der Waals surface area contributed by atoms with Gasteiger partial charge in [-0.2, -0.15) is 0 Å². The van der Waals surface area contributed by atoms with Gasteiger partial charge in [-0.15, -0.1) is 0 Å². The van der Waals surface area contributed by atoms with Gasteiger partial charge in [0, 0.05) is 14.5 Å². The lowest BCUT2D eigenvalue weighted by Gasteiger charge is -2.51. The monoisotopic (exact) mass is 423 g/mol. The molecule has 1 aromatic heterocycles. The molecule has 1 heterocycles. The Bertz CT molecular complexity index is 1130. The van der Waals surface area contributed by atoms with Crippen LogP contribution in [0.5, 0.6) is 0 Å². The molecule has 0 aliphatic heterocycles. The van der Waals surface area contributed by atoms with Gasteiger partial charge in [0.05, 0.1) is 5.69 Å². The molecule has 3 aromatic rings. The van der Waals surface area contributed by atoms with Gasteiger partial charge < -0.3 is 0 Å². The fraction of sp³-hybridized carbons (Fsp3) is 0.452. The zero-order valence-corrected chi connectivity index (χ0v) is 18.9. The van der Waals surface area contributed by atoms with E-state index in [9.17, 15) is 2.74 Å². The topological polar surface area (TPSA) is 12.9 Å². The highest BCUT2D eigenvalue weighted by Gasteiger charge is 2.44. The predicted octanol–water partition coefficient (Wildman–Crippen LogP) is 8.24. The summed E-state index contributed by atoms with van der Waals surface area (Å²) in [5.41, 5.74) is 4.45. The Morgan fingerprint density at radius 3 is 1.88 bits per heavy atom. The van der Waals surface area contributed by atoms with Crippen LogP contribution in [0.4, 0.5) is 0 Å². The Balaban J connectivity index is 1.19. The predicted molar refractivity (Wildman–Crippen MR) is 132 cm³/mol. The van der Waals surface area contributed by atoms with Crippen molar-refractivity contribution in [3.05, 3.63) is 90.1 Å². The van der Waals surface area contributed by atoms with Gasteiger partial charge in [0.2, 0.25) is 0 Å². The lowest BCUT2D eigenvalue weighted by atomic mass is 9.54. The number of rotatable bonds is 3. The maximum Gasteiger partial charge on any atom is 0.0704 e. The lowest BCUT2D eigenvalue weighted by molar-refractivity contribution is 0.0163. The number of hydrogen-bond acceptors (Lipinski definition) is 1. The van der Waals surface area contributed by atoms with Crippen LogP contribution in [0.15, 0.2) is 79.0 Å². The van der Waals surface area contributed by atoms with Crippen LogP contribution in [0, 0.1) is 23.7 Å². The molecule has 6 unspecified atom stereocenters. The number of nitrogens with zero attached hydrogens (tertiary/aromatic N) is 1. The maximum absolute atomic E-state index is 9.49. The molecule has 3 aliphatic carbocycles. The Hall–Kier alpha value is -2.41. The van der Waals surface area contributed by atoms with Gasteiger partial charge in [0.15, 0.2) is 0 Å². The maximum atomic E-state index is 9.49. The molecule has 1 heteroatoms. The molecule has 1 nitrogen and oxygen atoms in total. The molecule has 0 spiro atoms. The molecule has 0 bridgehead atoms. The summed E-state index contributed by atoms with van der Waals surface area (Å²) < 4.78 is 18.7. The summed E-state index contributed by atoms with van der Waals surface area (Å²) >= 11 is 0. The van der Waals surface area contributed by atoms with Crippen LogP contribution < -0.4 is 0 Å². The number of benzene rings is 2. The molecule has 0 saturated heterocycles. The molecular weight excluding hydrogens is 386 g/mol. The van der Waals surface area contributed by atoms with E-state index in [4.69, 9.17) is 0 Å². The van der Waals surface area contributed by atoms with Gasteiger partial charge in [0.25, 0.3) is 0 Å². The van der Waals surface area contributed by atoms with Crippen molar-refractivity contribution in [2.24, 2.45) is 23.7 Å². The van der Waals surface area contributed by atoms with Gasteiger partial charge in [-0.1, -0.05) is 60.7 Å². The van der Waals surface area contributed by atoms with Crippen LogP contribution >= 0.6 is 0 Å². The highest BCUT2D eigenvalue weighted by Crippen LogP contribution is 2.56. The molecule has 6 rings (SSSR count). The molecule has 3 aliphatic rings. The summed E-state index contributed by atoms with van der Waals surface area (Å²) in [4.78, 5) is 4.61. The Kier molecular flexibility index (Phi) is 5.00. The third kappa shape index (κ3) is 3.91. The first-order valence-electron chi connectivity index (χ1n) is 13.6. The van der Waals surface area contributed by atoms with E-state index in [0.717, 1.165) is 60.8 Å². The van der Waals surface area contributed by atoms with Gasteiger partial charge in [-0.3, -0.25) is 4.98 Å². The van der Waals surface area contributed by atoms with E-state index in [1.54, 1.807) is 0 Å². The fourth-order valence-electron chi connectivity index (χ4n) is 7.10. The second kappa shape index (κ2) is 8.85. The molecule has 32 heavy (non-hydrogen) atoms. The molecule has 3 fully saturated rings. The molecule has 0 N–H and O–H groups in total. The first-order valence-corrected chi connectivity index (χ1v) is 12.6. The summed E-state index contributed by atoms with van der Waals surface area (Å²) in [6.45, 7) is 0. The van der Waals surface area contributed by atoms with Crippen molar-refractivity contribution in [3.63, 3.8) is 0 Å². The van der Waals surface area contributed by atoms with E-state index in [2.05, 4.69) is 71.7 Å². The Labute approximate surface area is 196 Å². The number of fused-ring (bicyclic) bond motifs is 3. The number of pyridine rings is 1. The van der Waals surface area contributed by atoms with E-state index < -0.39 is 11.8 Å². The van der Waals surface area contributed by atoms with Crippen molar-refractivity contribution in [3.8, 4) is 11.3 Å². The summed E-state index contributed by atoms with van der Waals surface area (Å²) in [6.07, 6.45) is 10.6. The minimum Gasteiger partial charge on any atom is -0.256 e. The third-order valence-corrected chi connectivity index (χ3v) is 8.67. The standard InChI is InChI=1S/C31H35N/c1-3-7-22(8-4-1)24-13-15-29-27(19-24)11-12-28-20-25(14-16-30(28)29)26-17-18-32-31(21-26)23-9-5-2-6-10-23/h1-10,17-18,21,24-25,27-30H,11-16,19-20H2/i24D,25D. The quantitative estimate of drug-likeness (QED) is 0.413. The second-order valence-electron chi connectivity index (χ2n) is 10.3. The molecule has 6 atom stereocenters. The van der Waals surface area contributed by atoms with E-state index in [0.29, 0.717) is 11.8 Å². The van der Waals surface area contributed by atoms with Gasteiger partial charge in [0.1, 0.15) is 0 Å². The van der Waals surface area contributed by atoms with Crippen LogP contribution in [0.3, 0.4) is 0 Å². The third-order valence-electron chi connectivity index (χ3n) is 8.67. The summed E-state index contributed by atoms with van der Waals surface area (Å²) in [6, 6.07) is 25.2. The van der Waals surface area contributed by atoms with Gasteiger partial charge >= 0.3 is 0 Å². The Morgan fingerprint density at radius 1 is 0.625 bits per heavy atom. The number of hydrogen-bond donors (Lipinski definition) is 0. The molecule has 164 valence electrons. The lowest BCUT2D eigenvalue weighted by Crippen LogP contribution is -2.40. The SMILES string of the molecule is [2H]C1(c2ccccc2)CCC2C(CCC3CC([2H])(c4ccnc(-c5ccccc5)c4)CCC32)C1. The zero-order chi connectivity index (χ0) is 23.2. The van der Waals surface area contributed by atoms with E-state index in [-0.39, 0.29) is 0 Å². The van der Waals surface area contributed by atoms with Crippen LogP contribution in [0.2, 0.25) is 0 Å². The van der Waals surface area contributed by atoms with Crippen LogP contribution in [0.25, 0.3) is 11.3 Å². The van der Waals surface area contributed by atoms with Gasteiger partial charge in [-0.25, -0.2) is 0 Å². The first-order chi connectivity index (χ1) is 16.5. The number of aromatic nitrogens is 1. The van der Waals surface area contributed by atoms with Gasteiger partial charge in [-0.05, 0) is 110 Å². The largest absolute Gasteiger partial charge is 0.256 e. The first kappa shape index (κ1) is 18.1. The van der Waals surface area contributed by atoms with E-state index in [1.165, 1.54) is 24.8 Å². The summed E-state index contributed by atoms with van der Waals surface area (Å²) in [5.74, 6) is 1.91. The van der Waals surface area contributed by atoms with Crippen molar-refractivity contribution in [1.29, 1.82) is 0 Å². The highest BCUT2D eigenvalue weighted by atomic mass is 14.7. The minimum atomic E-state index is -0.502. The molecule has 0 amide bonds. The van der Waals surface area contributed by atoms with Crippen molar-refractivity contribution in [2.75, 3.05) is 0 Å².